The number of carbonyl (C=O) groups is 1. The van der Waals surface area contributed by atoms with Crippen molar-refractivity contribution in [1.82, 2.24) is 0 Å². The lowest BCUT2D eigenvalue weighted by atomic mass is 10.1. The average molecular weight is 332 g/mol. The molecule has 2 rings (SSSR count). The van der Waals surface area contributed by atoms with Crippen molar-refractivity contribution in [3.63, 3.8) is 0 Å². The number of nitrogens with one attached hydrogen (secondary N) is 1. The van der Waals surface area contributed by atoms with E-state index in [1.54, 1.807) is 0 Å². The second kappa shape index (κ2) is 6.71. The Kier molecular flexibility index (Phi) is 4.96. The molecule has 0 aromatic heterocycles. The second-order valence-corrected chi connectivity index (χ2v) is 5.78. The van der Waals surface area contributed by atoms with E-state index in [4.69, 9.17) is 0 Å². The van der Waals surface area contributed by atoms with E-state index in [9.17, 15) is 4.79 Å². The lowest BCUT2D eigenvalue weighted by Gasteiger charge is -2.10. The van der Waals surface area contributed by atoms with Crippen LogP contribution in [-0.4, -0.2) is 5.91 Å². The maximum absolute atomic E-state index is 12.1. The molecule has 2 aromatic carbocycles. The number of benzene rings is 2. The summed E-state index contributed by atoms with van der Waals surface area (Å²) in [6, 6.07) is 14.0. The zero-order chi connectivity index (χ0) is 14.5. The molecule has 1 amide bonds. The molecule has 0 atom stereocenters. The summed E-state index contributed by atoms with van der Waals surface area (Å²) in [5.74, 6) is 0.0209. The van der Waals surface area contributed by atoms with Gasteiger partial charge in [-0.25, -0.2) is 0 Å². The first kappa shape index (κ1) is 14.8. The van der Waals surface area contributed by atoms with Gasteiger partial charge >= 0.3 is 0 Å². The first-order chi connectivity index (χ1) is 9.58. The van der Waals surface area contributed by atoms with Gasteiger partial charge in [-0.1, -0.05) is 52.7 Å². The summed E-state index contributed by atoms with van der Waals surface area (Å²) in [5, 5.41) is 3.00. The molecule has 0 radical (unpaired) electrons. The number of amides is 1. The van der Waals surface area contributed by atoms with Crippen molar-refractivity contribution in [1.29, 1.82) is 0 Å². The van der Waals surface area contributed by atoms with Crippen LogP contribution in [0.3, 0.4) is 0 Å². The topological polar surface area (TPSA) is 29.1 Å². The number of anilines is 1. The lowest BCUT2D eigenvalue weighted by molar-refractivity contribution is -0.115. The molecule has 0 aliphatic rings. The van der Waals surface area contributed by atoms with Crippen LogP contribution in [0.1, 0.15) is 23.6 Å². The second-order valence-electron chi connectivity index (χ2n) is 4.87. The van der Waals surface area contributed by atoms with Crippen molar-refractivity contribution in [2.24, 2.45) is 0 Å². The number of hydrogen-bond acceptors (Lipinski definition) is 1. The van der Waals surface area contributed by atoms with Crippen molar-refractivity contribution in [2.45, 2.75) is 26.7 Å². The first-order valence-electron chi connectivity index (χ1n) is 6.72. The Morgan fingerprint density at radius 3 is 2.70 bits per heavy atom. The summed E-state index contributed by atoms with van der Waals surface area (Å²) in [6.45, 7) is 4.11. The van der Waals surface area contributed by atoms with Crippen LogP contribution in [0.25, 0.3) is 0 Å². The fraction of sp³-hybridized carbons (Fsp3) is 0.235. The van der Waals surface area contributed by atoms with Crippen LogP contribution < -0.4 is 5.32 Å². The minimum Gasteiger partial charge on any atom is -0.326 e. The fourth-order valence-corrected chi connectivity index (χ4v) is 2.59. The summed E-state index contributed by atoms with van der Waals surface area (Å²) < 4.78 is 1.03. The molecule has 0 unspecified atom stereocenters. The molecule has 20 heavy (non-hydrogen) atoms. The number of hydrogen-bond donors (Lipinski definition) is 1. The average Bonchev–Trinajstić information content (AvgIpc) is 2.40. The van der Waals surface area contributed by atoms with Crippen LogP contribution in [0, 0.1) is 6.92 Å². The van der Waals surface area contributed by atoms with Gasteiger partial charge in [0.05, 0.1) is 6.42 Å². The highest BCUT2D eigenvalue weighted by molar-refractivity contribution is 9.10. The molecule has 0 bridgehead atoms. The predicted octanol–water partition coefficient (Wildman–Crippen LogP) is 4.50. The van der Waals surface area contributed by atoms with E-state index in [-0.39, 0.29) is 5.91 Å². The molecule has 104 valence electrons. The standard InChI is InChI=1S/C17H18BrNO/c1-3-14-11-15(18)7-8-16(14)19-17(20)10-13-6-4-5-12(2)9-13/h4-9,11H,3,10H2,1-2H3,(H,19,20). The number of carbonyl (C=O) groups excluding carboxylic acids is 1. The van der Waals surface area contributed by atoms with E-state index in [1.165, 1.54) is 5.56 Å². The highest BCUT2D eigenvalue weighted by Gasteiger charge is 2.07. The van der Waals surface area contributed by atoms with Gasteiger partial charge in [-0.2, -0.15) is 0 Å². The van der Waals surface area contributed by atoms with Crippen molar-refractivity contribution in [2.75, 3.05) is 5.32 Å². The molecule has 0 aliphatic carbocycles. The first-order valence-corrected chi connectivity index (χ1v) is 7.51. The van der Waals surface area contributed by atoms with Gasteiger partial charge in [-0.05, 0) is 42.7 Å². The highest BCUT2D eigenvalue weighted by Crippen LogP contribution is 2.21. The number of rotatable bonds is 4. The molecule has 2 aromatic rings. The van der Waals surface area contributed by atoms with Gasteiger partial charge in [0.2, 0.25) is 5.91 Å². The van der Waals surface area contributed by atoms with Gasteiger partial charge in [-0.3, -0.25) is 4.79 Å². The van der Waals surface area contributed by atoms with E-state index in [0.717, 1.165) is 27.7 Å². The smallest absolute Gasteiger partial charge is 0.228 e. The molecule has 0 spiro atoms. The maximum atomic E-state index is 12.1. The van der Waals surface area contributed by atoms with E-state index in [2.05, 4.69) is 28.2 Å². The Hall–Kier alpha value is -1.61. The third-order valence-corrected chi connectivity index (χ3v) is 3.66. The van der Waals surface area contributed by atoms with Gasteiger partial charge in [0, 0.05) is 10.2 Å². The van der Waals surface area contributed by atoms with Gasteiger partial charge in [0.1, 0.15) is 0 Å². The van der Waals surface area contributed by atoms with Crippen LogP contribution in [0.4, 0.5) is 5.69 Å². The quantitative estimate of drug-likeness (QED) is 0.877. The van der Waals surface area contributed by atoms with Crippen LogP contribution >= 0.6 is 15.9 Å². The number of aryl methyl sites for hydroxylation is 2. The molecule has 3 heteroatoms. The summed E-state index contributed by atoms with van der Waals surface area (Å²) >= 11 is 3.45. The van der Waals surface area contributed by atoms with Crippen molar-refractivity contribution in [3.8, 4) is 0 Å². The third-order valence-electron chi connectivity index (χ3n) is 3.17. The van der Waals surface area contributed by atoms with Crippen LogP contribution in [0.2, 0.25) is 0 Å². The SMILES string of the molecule is CCc1cc(Br)ccc1NC(=O)Cc1cccc(C)c1. The van der Waals surface area contributed by atoms with E-state index >= 15 is 0 Å². The van der Waals surface area contributed by atoms with Crippen molar-refractivity contribution < 1.29 is 4.79 Å². The number of halogens is 1. The lowest BCUT2D eigenvalue weighted by Crippen LogP contribution is -2.15. The van der Waals surface area contributed by atoms with Crippen LogP contribution in [0.15, 0.2) is 46.9 Å². The monoisotopic (exact) mass is 331 g/mol. The molecular weight excluding hydrogens is 314 g/mol. The summed E-state index contributed by atoms with van der Waals surface area (Å²) in [7, 11) is 0. The normalized spacial score (nSPS) is 10.3. The van der Waals surface area contributed by atoms with Gasteiger partial charge in [0.25, 0.3) is 0 Å². The Balaban J connectivity index is 2.08. The van der Waals surface area contributed by atoms with E-state index < -0.39 is 0 Å². The molecule has 0 aliphatic heterocycles. The van der Waals surface area contributed by atoms with Crippen molar-refractivity contribution >= 4 is 27.5 Å². The Bertz CT molecular complexity index is 622. The molecule has 0 heterocycles. The molecule has 0 fully saturated rings. The Morgan fingerprint density at radius 2 is 2.00 bits per heavy atom. The van der Waals surface area contributed by atoms with Gasteiger partial charge < -0.3 is 5.32 Å². The summed E-state index contributed by atoms with van der Waals surface area (Å²) in [6.07, 6.45) is 1.29. The zero-order valence-electron chi connectivity index (χ0n) is 11.7. The highest BCUT2D eigenvalue weighted by atomic mass is 79.9. The Labute approximate surface area is 128 Å². The van der Waals surface area contributed by atoms with Gasteiger partial charge in [-0.15, -0.1) is 0 Å². The van der Waals surface area contributed by atoms with Gasteiger partial charge in [0.15, 0.2) is 0 Å². The largest absolute Gasteiger partial charge is 0.326 e. The van der Waals surface area contributed by atoms with E-state index in [0.29, 0.717) is 6.42 Å². The minimum absolute atomic E-state index is 0.0209. The zero-order valence-corrected chi connectivity index (χ0v) is 13.3. The van der Waals surface area contributed by atoms with Crippen LogP contribution in [-0.2, 0) is 17.6 Å². The molecule has 1 N–H and O–H groups in total. The van der Waals surface area contributed by atoms with Crippen molar-refractivity contribution in [3.05, 3.63) is 63.6 Å². The molecule has 2 nitrogen and oxygen atoms in total. The molecule has 0 saturated heterocycles. The van der Waals surface area contributed by atoms with E-state index in [1.807, 2.05) is 49.4 Å². The minimum atomic E-state index is 0.0209. The summed E-state index contributed by atoms with van der Waals surface area (Å²) in [4.78, 5) is 12.1. The van der Waals surface area contributed by atoms with Crippen LogP contribution in [0.5, 0.6) is 0 Å². The molecule has 0 saturated carbocycles. The summed E-state index contributed by atoms with van der Waals surface area (Å²) in [5.41, 5.74) is 4.25. The third kappa shape index (κ3) is 3.94. The molecular formula is C17H18BrNO. The fourth-order valence-electron chi connectivity index (χ4n) is 2.18. The predicted molar refractivity (Wildman–Crippen MR) is 87.0 cm³/mol. The maximum Gasteiger partial charge on any atom is 0.228 e. The Morgan fingerprint density at radius 1 is 1.20 bits per heavy atom.